The molecule has 2 rings (SSSR count). The summed E-state index contributed by atoms with van der Waals surface area (Å²) in [6, 6.07) is 2.22. The van der Waals surface area contributed by atoms with Crippen LogP contribution in [0.25, 0.3) is 10.4 Å². The molecule has 1 heterocycles. The third-order valence-corrected chi connectivity index (χ3v) is 3.57. The fraction of sp³-hybridized carbons (Fsp3) is 0.300. The van der Waals surface area contributed by atoms with Crippen LogP contribution in [0.2, 0.25) is 0 Å². The van der Waals surface area contributed by atoms with Crippen molar-refractivity contribution in [3.63, 3.8) is 0 Å². The first-order valence-electron chi connectivity index (χ1n) is 3.81. The first-order valence-corrected chi connectivity index (χ1v) is 4.69. The van der Waals surface area contributed by atoms with Crippen molar-refractivity contribution in [2.24, 2.45) is 0 Å². The number of hydrogen-bond donors (Lipinski definition) is 0. The Labute approximate surface area is 92.2 Å². The van der Waals surface area contributed by atoms with Gasteiger partial charge in [0.2, 0.25) is 0 Å². The van der Waals surface area contributed by atoms with Gasteiger partial charge in [-0.2, -0.15) is 11.6 Å². The Morgan fingerprint density at radius 3 is 2.33 bits per heavy atom. The van der Waals surface area contributed by atoms with Crippen LogP contribution in [0.1, 0.15) is 16.7 Å². The average Bonchev–Trinajstić information content (AvgIpc) is 2.53. The molecular formula is C10H11STi-. The van der Waals surface area contributed by atoms with Crippen molar-refractivity contribution in [3.05, 3.63) is 28.1 Å². The van der Waals surface area contributed by atoms with Crippen LogP contribution in [-0.4, -0.2) is 0 Å². The molecule has 0 fully saturated rings. The first kappa shape index (κ1) is 10.1. The van der Waals surface area contributed by atoms with E-state index in [9.17, 15) is 0 Å². The van der Waals surface area contributed by atoms with Crippen molar-refractivity contribution >= 4 is 11.3 Å². The summed E-state index contributed by atoms with van der Waals surface area (Å²) in [7, 11) is 0. The molecule has 0 atom stereocenters. The molecular weight excluding hydrogens is 200 g/mol. The monoisotopic (exact) mass is 211 g/mol. The Morgan fingerprint density at radius 2 is 1.75 bits per heavy atom. The second-order valence-electron chi connectivity index (χ2n) is 3.04. The van der Waals surface area contributed by atoms with Crippen molar-refractivity contribution in [2.45, 2.75) is 20.8 Å². The van der Waals surface area contributed by atoms with E-state index in [-0.39, 0.29) is 21.7 Å². The molecule has 0 amide bonds. The van der Waals surface area contributed by atoms with Gasteiger partial charge in [-0.3, -0.25) is 11.3 Å². The zero-order valence-corrected chi connectivity index (χ0v) is 9.94. The molecule has 2 heteroatoms. The summed E-state index contributed by atoms with van der Waals surface area (Å²) >= 11 is 1.85. The topological polar surface area (TPSA) is 0 Å². The van der Waals surface area contributed by atoms with E-state index in [0.29, 0.717) is 0 Å². The van der Waals surface area contributed by atoms with Gasteiger partial charge >= 0.3 is 0 Å². The second kappa shape index (κ2) is 3.41. The van der Waals surface area contributed by atoms with Crippen LogP contribution in [0.5, 0.6) is 0 Å². The summed E-state index contributed by atoms with van der Waals surface area (Å²) in [5, 5.41) is 2.17. The SMILES string of the molecule is Cc1c2c[cH-]sc-2c(C)c1C.[Ti]. The molecule has 12 heavy (non-hydrogen) atoms. The fourth-order valence-electron chi connectivity index (χ4n) is 1.55. The molecule has 1 aliphatic carbocycles. The molecule has 0 spiro atoms. The van der Waals surface area contributed by atoms with Crippen LogP contribution in [0.15, 0.2) is 11.4 Å². The molecule has 0 saturated carbocycles. The van der Waals surface area contributed by atoms with Gasteiger partial charge in [-0.05, 0) is 6.92 Å². The molecule has 0 unspecified atom stereocenters. The Morgan fingerprint density at radius 1 is 1.08 bits per heavy atom. The Kier molecular flexibility index (Phi) is 2.87. The summed E-state index contributed by atoms with van der Waals surface area (Å²) in [4.78, 5) is 1.47. The molecule has 0 N–H and O–H groups in total. The molecule has 0 nitrogen and oxygen atoms in total. The molecule has 0 radical (unpaired) electrons. The quantitative estimate of drug-likeness (QED) is 0.462. The van der Waals surface area contributed by atoms with Gasteiger partial charge in [0.15, 0.2) is 0 Å². The summed E-state index contributed by atoms with van der Waals surface area (Å²) in [5.41, 5.74) is 5.84. The van der Waals surface area contributed by atoms with Crippen LogP contribution in [0.3, 0.4) is 0 Å². The molecule has 2 aliphatic rings. The minimum absolute atomic E-state index is 0. The normalized spacial score (nSPS) is 10.2. The van der Waals surface area contributed by atoms with Crippen LogP contribution < -0.4 is 0 Å². The minimum Gasteiger partial charge on any atom is -0.291 e. The Hall–Kier alpha value is 0.0243. The molecule has 1 aliphatic heterocycles. The number of rotatable bonds is 0. The van der Waals surface area contributed by atoms with Gasteiger partial charge in [0.1, 0.15) is 0 Å². The van der Waals surface area contributed by atoms with Crippen molar-refractivity contribution in [1.29, 1.82) is 0 Å². The first-order chi connectivity index (χ1) is 5.22. The standard InChI is InChI=1S/C10H11S.Ti/c1-6-7(2)9-4-5-11-10(9)8(6)3;/h4-5H,1-3H3;/q-1;. The van der Waals surface area contributed by atoms with Crippen LogP contribution in [0, 0.1) is 20.8 Å². The number of fused-ring (bicyclic) bond motifs is 1. The maximum atomic E-state index is 2.22. The van der Waals surface area contributed by atoms with Crippen molar-refractivity contribution < 1.29 is 21.7 Å². The summed E-state index contributed by atoms with van der Waals surface area (Å²) in [6.07, 6.45) is 0. The zero-order valence-electron chi connectivity index (χ0n) is 7.56. The van der Waals surface area contributed by atoms with E-state index in [1.165, 1.54) is 27.1 Å². The predicted molar refractivity (Wildman–Crippen MR) is 50.7 cm³/mol. The van der Waals surface area contributed by atoms with Crippen molar-refractivity contribution in [3.8, 4) is 10.4 Å². The van der Waals surface area contributed by atoms with Gasteiger partial charge in [-0.15, -0.1) is 15.8 Å². The second-order valence-corrected chi connectivity index (χ2v) is 3.95. The summed E-state index contributed by atoms with van der Waals surface area (Å²) in [6.45, 7) is 6.62. The molecule has 0 aromatic rings. The smallest absolute Gasteiger partial charge is 0 e. The van der Waals surface area contributed by atoms with E-state index in [1.807, 2.05) is 11.3 Å². The van der Waals surface area contributed by atoms with E-state index in [2.05, 4.69) is 32.2 Å². The van der Waals surface area contributed by atoms with Crippen LogP contribution >= 0.6 is 11.3 Å². The molecule has 0 bridgehead atoms. The molecule has 0 aromatic carbocycles. The van der Waals surface area contributed by atoms with Crippen molar-refractivity contribution in [2.75, 3.05) is 0 Å². The number of hydrogen-bond acceptors (Lipinski definition) is 1. The van der Waals surface area contributed by atoms with Gasteiger partial charge in [-0.1, -0.05) is 25.0 Å². The van der Waals surface area contributed by atoms with E-state index in [4.69, 9.17) is 0 Å². The average molecular weight is 211 g/mol. The van der Waals surface area contributed by atoms with Crippen LogP contribution in [0.4, 0.5) is 0 Å². The van der Waals surface area contributed by atoms with Gasteiger partial charge in [-0.25, -0.2) is 0 Å². The largest absolute Gasteiger partial charge is 0.291 e. The molecule has 62 valence electrons. The zero-order chi connectivity index (χ0) is 8.01. The van der Waals surface area contributed by atoms with Gasteiger partial charge in [0, 0.05) is 21.7 Å². The predicted octanol–water partition coefficient (Wildman–Crippen LogP) is 3.49. The number of thiophene rings is 1. The maximum Gasteiger partial charge on any atom is 0 e. The summed E-state index contributed by atoms with van der Waals surface area (Å²) in [5.74, 6) is 0. The Balaban J connectivity index is 0.000000720. The fourth-order valence-corrected chi connectivity index (χ4v) is 2.57. The van der Waals surface area contributed by atoms with Gasteiger partial charge in [0.25, 0.3) is 0 Å². The third-order valence-electron chi connectivity index (χ3n) is 2.53. The third kappa shape index (κ3) is 1.21. The summed E-state index contributed by atoms with van der Waals surface area (Å²) < 4.78 is 0. The van der Waals surface area contributed by atoms with E-state index in [0.717, 1.165) is 0 Å². The van der Waals surface area contributed by atoms with Gasteiger partial charge in [0.05, 0.1) is 0 Å². The van der Waals surface area contributed by atoms with Crippen molar-refractivity contribution in [1.82, 2.24) is 0 Å². The van der Waals surface area contributed by atoms with E-state index >= 15 is 0 Å². The Bertz CT molecular complexity index is 325. The minimum atomic E-state index is 0. The van der Waals surface area contributed by atoms with Crippen LogP contribution in [-0.2, 0) is 21.7 Å². The van der Waals surface area contributed by atoms with E-state index in [1.54, 1.807) is 0 Å². The van der Waals surface area contributed by atoms with E-state index < -0.39 is 0 Å². The van der Waals surface area contributed by atoms with Gasteiger partial charge < -0.3 is 0 Å². The maximum absolute atomic E-state index is 2.22. The molecule has 0 aromatic heterocycles. The molecule has 0 saturated heterocycles.